The summed E-state index contributed by atoms with van der Waals surface area (Å²) in [5.41, 5.74) is 0.321. The lowest BCUT2D eigenvalue weighted by Gasteiger charge is -2.15. The molecule has 1 heterocycles. The average Bonchev–Trinajstić information content (AvgIpc) is 2.90. The second-order valence-corrected chi connectivity index (χ2v) is 7.23. The van der Waals surface area contributed by atoms with E-state index in [4.69, 9.17) is 4.74 Å². The fourth-order valence-corrected chi connectivity index (χ4v) is 2.95. The molecule has 3 N–H and O–H groups in total. The number of para-hydroxylation sites is 2. The van der Waals surface area contributed by atoms with Crippen molar-refractivity contribution < 1.29 is 23.9 Å². The van der Waals surface area contributed by atoms with Gasteiger partial charge in [-0.2, -0.15) is 0 Å². The van der Waals surface area contributed by atoms with Crippen molar-refractivity contribution in [3.63, 3.8) is 0 Å². The number of carbonyl (C=O) groups excluding carboxylic acids is 4. The number of nitrogens with one attached hydrogen (secondary N) is 3. The van der Waals surface area contributed by atoms with Gasteiger partial charge in [-0.1, -0.05) is 12.1 Å². The van der Waals surface area contributed by atoms with E-state index in [1.165, 1.54) is 7.11 Å². The quantitative estimate of drug-likeness (QED) is 0.632. The summed E-state index contributed by atoms with van der Waals surface area (Å²) in [4.78, 5) is 49.5. The number of benzene rings is 2. The molecule has 0 aromatic heterocycles. The van der Waals surface area contributed by atoms with Crippen LogP contribution >= 0.6 is 0 Å². The molecule has 3 rings (SSSR count). The molecule has 0 saturated carbocycles. The molecule has 1 aliphatic heterocycles. The van der Waals surface area contributed by atoms with Crippen molar-refractivity contribution in [1.29, 1.82) is 0 Å². The molecule has 0 atom stereocenters. The summed E-state index contributed by atoms with van der Waals surface area (Å²) >= 11 is 0. The van der Waals surface area contributed by atoms with Gasteiger partial charge in [0.25, 0.3) is 11.8 Å². The first kappa shape index (κ1) is 20.8. The van der Waals surface area contributed by atoms with Crippen LogP contribution in [0.5, 0.6) is 5.75 Å². The number of anilines is 2. The molecular formula is C21H22N4O5. The smallest absolute Gasteiger partial charge is 0.325 e. The average molecular weight is 410 g/mol. The Balaban J connectivity index is 1.60. The first-order valence-corrected chi connectivity index (χ1v) is 9.19. The number of carbonyl (C=O) groups is 4. The third-order valence-corrected chi connectivity index (χ3v) is 4.53. The van der Waals surface area contributed by atoms with E-state index in [2.05, 4.69) is 16.0 Å². The van der Waals surface area contributed by atoms with Crippen LogP contribution in [0.15, 0.2) is 48.5 Å². The van der Waals surface area contributed by atoms with Crippen LogP contribution in [0.3, 0.4) is 0 Å². The molecule has 9 nitrogen and oxygen atoms in total. The normalized spacial score (nSPS) is 14.8. The van der Waals surface area contributed by atoms with Gasteiger partial charge in [0.05, 0.1) is 12.8 Å². The lowest BCUT2D eigenvalue weighted by atomic mass is 10.1. The number of methoxy groups -OCH3 is 1. The summed E-state index contributed by atoms with van der Waals surface area (Å²) in [6, 6.07) is 12.7. The summed E-state index contributed by atoms with van der Waals surface area (Å²) in [5, 5.41) is 7.88. The number of rotatable bonds is 6. The second kappa shape index (κ2) is 8.24. The molecule has 0 aliphatic carbocycles. The number of imide groups is 1. The minimum atomic E-state index is -1.03. The zero-order chi connectivity index (χ0) is 21.9. The highest BCUT2D eigenvalue weighted by molar-refractivity contribution is 6.10. The van der Waals surface area contributed by atoms with E-state index in [0.29, 0.717) is 22.7 Å². The first-order valence-electron chi connectivity index (χ1n) is 9.19. The van der Waals surface area contributed by atoms with E-state index in [1.54, 1.807) is 62.4 Å². The Hall–Kier alpha value is -3.88. The number of nitrogens with zero attached hydrogens (tertiary/aromatic N) is 1. The molecule has 1 aliphatic rings. The minimum absolute atomic E-state index is 0.334. The highest BCUT2D eigenvalue weighted by Crippen LogP contribution is 2.24. The molecule has 0 bridgehead atoms. The molecule has 0 unspecified atom stereocenters. The maximum absolute atomic E-state index is 12.4. The van der Waals surface area contributed by atoms with Crippen molar-refractivity contribution >= 4 is 35.1 Å². The van der Waals surface area contributed by atoms with Gasteiger partial charge in [-0.05, 0) is 50.2 Å². The molecule has 1 fully saturated rings. The van der Waals surface area contributed by atoms with E-state index in [9.17, 15) is 19.2 Å². The van der Waals surface area contributed by atoms with E-state index < -0.39 is 29.9 Å². The Morgan fingerprint density at radius 2 is 1.70 bits per heavy atom. The molecule has 0 radical (unpaired) electrons. The van der Waals surface area contributed by atoms with Crippen LogP contribution in [0.25, 0.3) is 0 Å². The van der Waals surface area contributed by atoms with Crippen LogP contribution in [0.1, 0.15) is 24.2 Å². The standard InChI is InChI=1S/C21H22N4O5/c1-21(2)19(28)25(20(29)24-21)12-17(26)22-14-10-8-13(9-11-14)18(27)23-15-6-4-5-7-16(15)30-3/h4-11H,12H2,1-3H3,(H,22,26)(H,23,27)(H,24,29). The minimum Gasteiger partial charge on any atom is -0.495 e. The van der Waals surface area contributed by atoms with Gasteiger partial charge in [-0.3, -0.25) is 19.3 Å². The Morgan fingerprint density at radius 3 is 2.30 bits per heavy atom. The molecule has 1 saturated heterocycles. The van der Waals surface area contributed by atoms with Gasteiger partial charge in [-0.25, -0.2) is 4.79 Å². The van der Waals surface area contributed by atoms with Gasteiger partial charge in [0.15, 0.2) is 0 Å². The highest BCUT2D eigenvalue weighted by Gasteiger charge is 2.44. The Bertz CT molecular complexity index is 1000. The van der Waals surface area contributed by atoms with Crippen LogP contribution in [0.2, 0.25) is 0 Å². The number of urea groups is 1. The summed E-state index contributed by atoms with van der Waals surface area (Å²) in [5.74, 6) is -0.786. The number of hydrogen-bond acceptors (Lipinski definition) is 5. The monoisotopic (exact) mass is 410 g/mol. The third-order valence-electron chi connectivity index (χ3n) is 4.53. The molecule has 9 heteroatoms. The summed E-state index contributed by atoms with van der Waals surface area (Å²) < 4.78 is 5.21. The molecule has 0 spiro atoms. The van der Waals surface area contributed by atoms with Crippen molar-refractivity contribution in [3.8, 4) is 5.75 Å². The van der Waals surface area contributed by atoms with Gasteiger partial charge >= 0.3 is 6.03 Å². The maximum Gasteiger partial charge on any atom is 0.325 e. The topological polar surface area (TPSA) is 117 Å². The third kappa shape index (κ3) is 4.40. The lowest BCUT2D eigenvalue weighted by molar-refractivity contribution is -0.132. The van der Waals surface area contributed by atoms with Crippen molar-refractivity contribution in [2.75, 3.05) is 24.3 Å². The Labute approximate surface area is 173 Å². The van der Waals surface area contributed by atoms with Crippen molar-refractivity contribution in [2.45, 2.75) is 19.4 Å². The highest BCUT2D eigenvalue weighted by atomic mass is 16.5. The van der Waals surface area contributed by atoms with Crippen LogP contribution in [-0.2, 0) is 9.59 Å². The van der Waals surface area contributed by atoms with Gasteiger partial charge < -0.3 is 20.7 Å². The maximum atomic E-state index is 12.4. The van der Waals surface area contributed by atoms with E-state index in [0.717, 1.165) is 4.90 Å². The van der Waals surface area contributed by atoms with Gasteiger partial charge in [0, 0.05) is 11.3 Å². The zero-order valence-electron chi connectivity index (χ0n) is 16.8. The molecular weight excluding hydrogens is 388 g/mol. The van der Waals surface area contributed by atoms with Crippen LogP contribution in [-0.4, -0.2) is 47.8 Å². The van der Waals surface area contributed by atoms with Crippen LogP contribution in [0.4, 0.5) is 16.2 Å². The van der Waals surface area contributed by atoms with E-state index in [-0.39, 0.29) is 5.91 Å². The molecule has 2 aromatic carbocycles. The van der Waals surface area contributed by atoms with Crippen molar-refractivity contribution in [2.24, 2.45) is 0 Å². The second-order valence-electron chi connectivity index (χ2n) is 7.23. The fraction of sp³-hybridized carbons (Fsp3) is 0.238. The predicted molar refractivity (Wildman–Crippen MR) is 110 cm³/mol. The van der Waals surface area contributed by atoms with Crippen LogP contribution < -0.4 is 20.7 Å². The molecule has 156 valence electrons. The lowest BCUT2D eigenvalue weighted by Crippen LogP contribution is -2.41. The Kier molecular flexibility index (Phi) is 5.72. The fourth-order valence-electron chi connectivity index (χ4n) is 2.95. The van der Waals surface area contributed by atoms with Crippen molar-refractivity contribution in [3.05, 3.63) is 54.1 Å². The SMILES string of the molecule is COc1ccccc1NC(=O)c1ccc(NC(=O)CN2C(=O)NC(C)(C)C2=O)cc1. The Morgan fingerprint density at radius 1 is 1.03 bits per heavy atom. The summed E-state index contributed by atoms with van der Waals surface area (Å²) in [6.07, 6.45) is 0. The van der Waals surface area contributed by atoms with Gasteiger partial charge in [-0.15, -0.1) is 0 Å². The molecule has 2 aromatic rings. The largest absolute Gasteiger partial charge is 0.495 e. The molecule has 30 heavy (non-hydrogen) atoms. The zero-order valence-corrected chi connectivity index (χ0v) is 16.8. The summed E-state index contributed by atoms with van der Waals surface area (Å²) in [6.45, 7) is 2.74. The van der Waals surface area contributed by atoms with Crippen LogP contribution in [0, 0.1) is 0 Å². The predicted octanol–water partition coefficient (Wildman–Crippen LogP) is 2.22. The number of hydrogen-bond donors (Lipinski definition) is 3. The molecule has 5 amide bonds. The summed E-state index contributed by atoms with van der Waals surface area (Å²) in [7, 11) is 1.52. The van der Waals surface area contributed by atoms with Crippen molar-refractivity contribution in [1.82, 2.24) is 10.2 Å². The van der Waals surface area contributed by atoms with E-state index in [1.807, 2.05) is 0 Å². The van der Waals surface area contributed by atoms with Gasteiger partial charge in [0.2, 0.25) is 5.91 Å². The van der Waals surface area contributed by atoms with E-state index >= 15 is 0 Å². The number of ether oxygens (including phenoxy) is 1. The van der Waals surface area contributed by atoms with Gasteiger partial charge in [0.1, 0.15) is 17.8 Å². The number of amides is 5. The first-order chi connectivity index (χ1) is 14.2.